The maximum Gasteiger partial charge on any atom is 0.300 e. The molecule has 0 aliphatic carbocycles. The van der Waals surface area contributed by atoms with Gasteiger partial charge < -0.3 is 5.11 Å². The SMILES string of the molecule is Cc1ccc(N2C(=O)C(=O)C(=C(O)c3ccccc3)C2c2cccc([N+](=O)[O-])c2)cc1Cl. The van der Waals surface area contributed by atoms with Gasteiger partial charge in [0, 0.05) is 28.4 Å². The van der Waals surface area contributed by atoms with Crippen LogP contribution in [0.15, 0.2) is 78.4 Å². The third-order valence-corrected chi connectivity index (χ3v) is 5.73. The van der Waals surface area contributed by atoms with Crippen molar-refractivity contribution in [2.75, 3.05) is 4.90 Å². The van der Waals surface area contributed by atoms with Crippen LogP contribution in [0.4, 0.5) is 11.4 Å². The number of carbonyl (C=O) groups is 2. The standard InChI is InChI=1S/C24H17ClN2O5/c1-14-10-11-17(13-19(14)25)26-21(16-8-5-9-18(12-16)27(31)32)20(23(29)24(26)30)22(28)15-6-3-2-4-7-15/h2-13,21,28H,1H3. The molecule has 32 heavy (non-hydrogen) atoms. The van der Waals surface area contributed by atoms with Crippen molar-refractivity contribution in [3.8, 4) is 0 Å². The second-order valence-corrected chi connectivity index (χ2v) is 7.73. The molecule has 7 nitrogen and oxygen atoms in total. The fraction of sp³-hybridized carbons (Fsp3) is 0.0833. The molecule has 1 fully saturated rings. The molecular formula is C24H17ClN2O5. The van der Waals surface area contributed by atoms with Gasteiger partial charge in [0.15, 0.2) is 0 Å². The van der Waals surface area contributed by atoms with Crippen molar-refractivity contribution >= 4 is 40.4 Å². The normalized spacial score (nSPS) is 17.6. The number of nitrogens with zero attached hydrogens (tertiary/aromatic N) is 2. The number of amides is 1. The van der Waals surface area contributed by atoms with E-state index >= 15 is 0 Å². The molecule has 0 saturated carbocycles. The molecule has 1 aliphatic rings. The molecule has 0 aromatic heterocycles. The average molecular weight is 449 g/mol. The number of aryl methyl sites for hydroxylation is 1. The van der Waals surface area contributed by atoms with Gasteiger partial charge in [-0.25, -0.2) is 0 Å². The monoisotopic (exact) mass is 448 g/mol. The van der Waals surface area contributed by atoms with Crippen LogP contribution >= 0.6 is 11.6 Å². The minimum atomic E-state index is -1.08. The van der Waals surface area contributed by atoms with Crippen LogP contribution in [0.3, 0.4) is 0 Å². The zero-order valence-electron chi connectivity index (χ0n) is 16.9. The number of Topliss-reactive ketones (excluding diaryl/α,β-unsaturated/α-hetero) is 1. The Kier molecular flexibility index (Phi) is 5.50. The van der Waals surface area contributed by atoms with E-state index in [1.54, 1.807) is 61.5 Å². The van der Waals surface area contributed by atoms with Crippen LogP contribution in [0, 0.1) is 17.0 Å². The number of nitro benzene ring substituents is 1. The van der Waals surface area contributed by atoms with Gasteiger partial charge in [-0.05, 0) is 30.2 Å². The quantitative estimate of drug-likeness (QED) is 0.195. The minimum Gasteiger partial charge on any atom is -0.507 e. The van der Waals surface area contributed by atoms with Crippen LogP contribution in [0.2, 0.25) is 5.02 Å². The number of ketones is 1. The summed E-state index contributed by atoms with van der Waals surface area (Å²) in [5.41, 5.74) is 1.43. The molecule has 1 amide bonds. The molecule has 1 saturated heterocycles. The van der Waals surface area contributed by atoms with Crippen molar-refractivity contribution in [1.29, 1.82) is 0 Å². The number of hydrogen-bond acceptors (Lipinski definition) is 5. The summed E-state index contributed by atoms with van der Waals surface area (Å²) in [5.74, 6) is -2.11. The van der Waals surface area contributed by atoms with E-state index in [0.29, 0.717) is 21.8 Å². The Bertz CT molecular complexity index is 1290. The predicted octanol–water partition coefficient (Wildman–Crippen LogP) is 5.18. The van der Waals surface area contributed by atoms with Crippen molar-refractivity contribution in [2.45, 2.75) is 13.0 Å². The Balaban J connectivity index is 1.98. The third kappa shape index (κ3) is 3.63. The summed E-state index contributed by atoms with van der Waals surface area (Å²) in [6, 6.07) is 17.8. The number of benzene rings is 3. The van der Waals surface area contributed by atoms with Crippen molar-refractivity contribution in [1.82, 2.24) is 0 Å². The third-order valence-electron chi connectivity index (χ3n) is 5.32. The first kappa shape index (κ1) is 21.3. The number of non-ortho nitro benzene ring substituents is 1. The fourth-order valence-electron chi connectivity index (χ4n) is 3.71. The summed E-state index contributed by atoms with van der Waals surface area (Å²) >= 11 is 6.26. The van der Waals surface area contributed by atoms with Crippen molar-refractivity contribution in [2.24, 2.45) is 0 Å². The number of carbonyl (C=O) groups excluding carboxylic acids is 2. The summed E-state index contributed by atoms with van der Waals surface area (Å²) in [5, 5.41) is 22.7. The molecule has 160 valence electrons. The van der Waals surface area contributed by atoms with Crippen LogP contribution in [0.25, 0.3) is 5.76 Å². The maximum absolute atomic E-state index is 13.1. The van der Waals surface area contributed by atoms with Gasteiger partial charge in [0.2, 0.25) is 0 Å². The van der Waals surface area contributed by atoms with E-state index < -0.39 is 22.7 Å². The van der Waals surface area contributed by atoms with Gasteiger partial charge in [-0.3, -0.25) is 24.6 Å². The molecule has 1 aliphatic heterocycles. The van der Waals surface area contributed by atoms with Crippen LogP contribution in [0.1, 0.15) is 22.7 Å². The summed E-state index contributed by atoms with van der Waals surface area (Å²) in [6.07, 6.45) is 0. The topological polar surface area (TPSA) is 101 Å². The zero-order chi connectivity index (χ0) is 23.0. The Morgan fingerprint density at radius 3 is 2.41 bits per heavy atom. The number of hydrogen-bond donors (Lipinski definition) is 1. The molecule has 4 rings (SSSR count). The molecule has 1 unspecified atom stereocenters. The molecule has 1 heterocycles. The van der Waals surface area contributed by atoms with E-state index in [-0.39, 0.29) is 17.0 Å². The Hall–Kier alpha value is -3.97. The molecule has 0 spiro atoms. The first-order valence-corrected chi connectivity index (χ1v) is 10.0. The van der Waals surface area contributed by atoms with E-state index in [9.17, 15) is 24.8 Å². The molecule has 8 heteroatoms. The van der Waals surface area contributed by atoms with Crippen LogP contribution in [0.5, 0.6) is 0 Å². The van der Waals surface area contributed by atoms with E-state index in [0.717, 1.165) is 5.56 Å². The predicted molar refractivity (Wildman–Crippen MR) is 121 cm³/mol. The smallest absolute Gasteiger partial charge is 0.300 e. The van der Waals surface area contributed by atoms with Gasteiger partial charge in [0.1, 0.15) is 5.76 Å². The van der Waals surface area contributed by atoms with E-state index in [1.165, 1.54) is 23.1 Å². The first-order chi connectivity index (χ1) is 15.3. The van der Waals surface area contributed by atoms with Gasteiger partial charge in [-0.15, -0.1) is 0 Å². The molecule has 1 N–H and O–H groups in total. The molecule has 3 aromatic rings. The Morgan fingerprint density at radius 2 is 1.75 bits per heavy atom. The van der Waals surface area contributed by atoms with Crippen LogP contribution in [-0.4, -0.2) is 21.7 Å². The highest BCUT2D eigenvalue weighted by Crippen LogP contribution is 2.43. The minimum absolute atomic E-state index is 0.154. The second-order valence-electron chi connectivity index (χ2n) is 7.32. The number of aliphatic hydroxyl groups excluding tert-OH is 1. The van der Waals surface area contributed by atoms with E-state index in [4.69, 9.17) is 11.6 Å². The van der Waals surface area contributed by atoms with Crippen LogP contribution in [-0.2, 0) is 9.59 Å². The lowest BCUT2D eigenvalue weighted by atomic mass is 9.95. The molecular weight excluding hydrogens is 432 g/mol. The van der Waals surface area contributed by atoms with Crippen molar-refractivity contribution in [3.63, 3.8) is 0 Å². The fourth-order valence-corrected chi connectivity index (χ4v) is 3.88. The van der Waals surface area contributed by atoms with Gasteiger partial charge in [-0.1, -0.05) is 60.1 Å². The van der Waals surface area contributed by atoms with E-state index in [2.05, 4.69) is 0 Å². The van der Waals surface area contributed by atoms with E-state index in [1.807, 2.05) is 0 Å². The highest BCUT2D eigenvalue weighted by molar-refractivity contribution is 6.51. The first-order valence-electron chi connectivity index (χ1n) is 9.66. The highest BCUT2D eigenvalue weighted by Gasteiger charge is 2.47. The Morgan fingerprint density at radius 1 is 1.03 bits per heavy atom. The summed E-state index contributed by atoms with van der Waals surface area (Å²) < 4.78 is 0. The van der Waals surface area contributed by atoms with Gasteiger partial charge >= 0.3 is 0 Å². The zero-order valence-corrected chi connectivity index (χ0v) is 17.6. The second kappa shape index (κ2) is 8.28. The summed E-state index contributed by atoms with van der Waals surface area (Å²) in [6.45, 7) is 1.80. The summed E-state index contributed by atoms with van der Waals surface area (Å²) in [7, 11) is 0. The average Bonchev–Trinajstić information content (AvgIpc) is 3.06. The van der Waals surface area contributed by atoms with Crippen molar-refractivity contribution < 1.29 is 19.6 Å². The highest BCUT2D eigenvalue weighted by atomic mass is 35.5. The lowest BCUT2D eigenvalue weighted by Crippen LogP contribution is -2.29. The van der Waals surface area contributed by atoms with Crippen molar-refractivity contribution in [3.05, 3.63) is 110 Å². The number of anilines is 1. The molecule has 0 radical (unpaired) electrons. The number of nitro groups is 1. The molecule has 3 aromatic carbocycles. The van der Waals surface area contributed by atoms with Gasteiger partial charge in [0.25, 0.3) is 17.4 Å². The molecule has 0 bridgehead atoms. The maximum atomic E-state index is 13.1. The lowest BCUT2D eigenvalue weighted by molar-refractivity contribution is -0.384. The molecule has 1 atom stereocenters. The summed E-state index contributed by atoms with van der Waals surface area (Å²) in [4.78, 5) is 38.2. The van der Waals surface area contributed by atoms with Gasteiger partial charge in [-0.2, -0.15) is 0 Å². The number of aliphatic hydroxyl groups is 1. The number of rotatable bonds is 4. The van der Waals surface area contributed by atoms with Gasteiger partial charge in [0.05, 0.1) is 16.5 Å². The largest absolute Gasteiger partial charge is 0.507 e. The number of halogens is 1. The Labute approximate surface area is 188 Å². The van der Waals surface area contributed by atoms with Crippen LogP contribution < -0.4 is 4.90 Å². The lowest BCUT2D eigenvalue weighted by Gasteiger charge is -2.25.